The van der Waals surface area contributed by atoms with Crippen LogP contribution in [0.4, 0.5) is 11.6 Å². The summed E-state index contributed by atoms with van der Waals surface area (Å²) in [6, 6.07) is 3.41. The molecule has 9 heteroatoms. The molecule has 2 aromatic heterocycles. The Balaban J connectivity index is 1.45. The van der Waals surface area contributed by atoms with Crippen molar-refractivity contribution in [2.45, 2.75) is 0 Å². The molecule has 122 valence electrons. The highest BCUT2D eigenvalue weighted by Crippen LogP contribution is 2.15. The Hall–Kier alpha value is -2.68. The van der Waals surface area contributed by atoms with E-state index in [1.807, 2.05) is 6.07 Å². The normalized spacial score (nSPS) is 14.5. The van der Waals surface area contributed by atoms with E-state index in [9.17, 15) is 4.79 Å². The largest absolute Gasteiger partial charge is 0.378 e. The van der Waals surface area contributed by atoms with Gasteiger partial charge in [-0.25, -0.2) is 9.97 Å². The average molecular weight is 318 g/mol. The second-order valence-electron chi connectivity index (χ2n) is 4.92. The van der Waals surface area contributed by atoms with Gasteiger partial charge in [-0.3, -0.25) is 4.79 Å². The van der Waals surface area contributed by atoms with Gasteiger partial charge in [-0.1, -0.05) is 5.16 Å². The lowest BCUT2D eigenvalue weighted by atomic mass is 10.4. The van der Waals surface area contributed by atoms with Crippen LogP contribution in [-0.4, -0.2) is 60.4 Å². The molecule has 23 heavy (non-hydrogen) atoms. The van der Waals surface area contributed by atoms with Crippen molar-refractivity contribution in [3.8, 4) is 0 Å². The Morgan fingerprint density at radius 2 is 2.13 bits per heavy atom. The van der Waals surface area contributed by atoms with Gasteiger partial charge >= 0.3 is 0 Å². The molecule has 1 aliphatic rings. The van der Waals surface area contributed by atoms with Gasteiger partial charge in [0.2, 0.25) is 5.76 Å². The van der Waals surface area contributed by atoms with Gasteiger partial charge in [0.25, 0.3) is 5.91 Å². The summed E-state index contributed by atoms with van der Waals surface area (Å²) < 4.78 is 10.1. The van der Waals surface area contributed by atoms with Crippen LogP contribution in [0.1, 0.15) is 10.6 Å². The quantitative estimate of drug-likeness (QED) is 0.725. The van der Waals surface area contributed by atoms with Gasteiger partial charge in [-0.05, 0) is 0 Å². The predicted octanol–water partition coefficient (Wildman–Crippen LogP) is 0.143. The van der Waals surface area contributed by atoms with Gasteiger partial charge in [-0.2, -0.15) is 0 Å². The number of rotatable bonds is 6. The molecule has 1 fully saturated rings. The Morgan fingerprint density at radius 3 is 2.91 bits per heavy atom. The number of amides is 1. The number of nitrogens with zero attached hydrogens (tertiary/aromatic N) is 4. The number of aromatic nitrogens is 3. The van der Waals surface area contributed by atoms with Crippen LogP contribution in [-0.2, 0) is 4.74 Å². The predicted molar refractivity (Wildman–Crippen MR) is 82.4 cm³/mol. The van der Waals surface area contributed by atoms with E-state index in [-0.39, 0.29) is 11.7 Å². The molecule has 0 aliphatic carbocycles. The summed E-state index contributed by atoms with van der Waals surface area (Å²) in [5.74, 6) is 1.49. The fraction of sp³-hybridized carbons (Fsp3) is 0.429. The minimum atomic E-state index is -0.291. The van der Waals surface area contributed by atoms with Crippen LogP contribution in [0.3, 0.4) is 0 Å². The number of nitrogens with one attached hydrogen (secondary N) is 2. The highest BCUT2D eigenvalue weighted by atomic mass is 16.5. The molecule has 2 N–H and O–H groups in total. The number of carbonyl (C=O) groups is 1. The number of anilines is 2. The van der Waals surface area contributed by atoms with Gasteiger partial charge in [0.05, 0.1) is 19.4 Å². The second kappa shape index (κ2) is 7.54. The van der Waals surface area contributed by atoms with Crippen LogP contribution >= 0.6 is 0 Å². The van der Waals surface area contributed by atoms with E-state index in [2.05, 4.69) is 30.7 Å². The number of carbonyl (C=O) groups excluding carboxylic acids is 1. The Bertz CT molecular complexity index is 627. The summed E-state index contributed by atoms with van der Waals surface area (Å²) in [5, 5.41) is 9.37. The molecule has 2 aromatic rings. The maximum Gasteiger partial charge on any atom is 0.289 e. The third kappa shape index (κ3) is 4.16. The number of morpholine rings is 1. The van der Waals surface area contributed by atoms with Crippen molar-refractivity contribution >= 4 is 17.5 Å². The molecule has 1 aliphatic heterocycles. The van der Waals surface area contributed by atoms with Crippen molar-refractivity contribution in [3.05, 3.63) is 30.4 Å². The Morgan fingerprint density at radius 1 is 1.26 bits per heavy atom. The molecule has 0 unspecified atom stereocenters. The van der Waals surface area contributed by atoms with Gasteiger partial charge in [0, 0.05) is 38.3 Å². The third-order valence-electron chi connectivity index (χ3n) is 3.37. The van der Waals surface area contributed by atoms with E-state index in [0.29, 0.717) is 26.3 Å². The number of hydrogen-bond acceptors (Lipinski definition) is 8. The first-order valence-corrected chi connectivity index (χ1v) is 7.40. The van der Waals surface area contributed by atoms with Crippen LogP contribution in [0.2, 0.25) is 0 Å². The molecule has 0 atom stereocenters. The molecule has 3 rings (SSSR count). The maximum absolute atomic E-state index is 11.7. The first kappa shape index (κ1) is 15.2. The monoisotopic (exact) mass is 318 g/mol. The maximum atomic E-state index is 11.7. The number of hydrogen-bond donors (Lipinski definition) is 2. The lowest BCUT2D eigenvalue weighted by Crippen LogP contribution is -2.36. The number of ether oxygens (including phenoxy) is 1. The summed E-state index contributed by atoms with van der Waals surface area (Å²) in [4.78, 5) is 22.3. The van der Waals surface area contributed by atoms with Crippen molar-refractivity contribution in [2.24, 2.45) is 0 Å². The highest BCUT2D eigenvalue weighted by Gasteiger charge is 2.13. The van der Waals surface area contributed by atoms with Crippen LogP contribution < -0.4 is 15.5 Å². The molecule has 0 spiro atoms. The minimum absolute atomic E-state index is 0.196. The smallest absolute Gasteiger partial charge is 0.289 e. The van der Waals surface area contributed by atoms with Gasteiger partial charge < -0.3 is 24.8 Å². The van der Waals surface area contributed by atoms with Crippen LogP contribution in [0.5, 0.6) is 0 Å². The first-order chi connectivity index (χ1) is 11.3. The van der Waals surface area contributed by atoms with Crippen molar-refractivity contribution < 1.29 is 14.1 Å². The third-order valence-corrected chi connectivity index (χ3v) is 3.37. The molecule has 0 aromatic carbocycles. The van der Waals surface area contributed by atoms with Crippen LogP contribution in [0, 0.1) is 0 Å². The fourth-order valence-corrected chi connectivity index (χ4v) is 2.20. The van der Waals surface area contributed by atoms with Crippen molar-refractivity contribution in [2.75, 3.05) is 49.6 Å². The molecule has 1 saturated heterocycles. The minimum Gasteiger partial charge on any atom is -0.378 e. The van der Waals surface area contributed by atoms with Crippen LogP contribution in [0.25, 0.3) is 0 Å². The molecule has 3 heterocycles. The summed E-state index contributed by atoms with van der Waals surface area (Å²) in [5.41, 5.74) is 0. The van der Waals surface area contributed by atoms with E-state index in [1.165, 1.54) is 18.6 Å². The lowest BCUT2D eigenvalue weighted by Gasteiger charge is -2.27. The van der Waals surface area contributed by atoms with E-state index in [1.54, 1.807) is 0 Å². The van der Waals surface area contributed by atoms with Crippen LogP contribution in [0.15, 0.2) is 29.2 Å². The summed E-state index contributed by atoms with van der Waals surface area (Å²) in [7, 11) is 0. The van der Waals surface area contributed by atoms with Crippen molar-refractivity contribution in [1.29, 1.82) is 0 Å². The topological polar surface area (TPSA) is 105 Å². The second-order valence-corrected chi connectivity index (χ2v) is 4.92. The molecule has 9 nitrogen and oxygen atoms in total. The molecule has 0 radical (unpaired) electrons. The standard InChI is InChI=1S/C14H18N6O3/c21-14(11-1-2-19-23-11)16-4-3-15-12-9-13(18-10-17-12)20-5-7-22-8-6-20/h1-2,9-10H,3-8H2,(H,16,21)(H,15,17,18). The zero-order valence-electron chi connectivity index (χ0n) is 12.6. The summed E-state index contributed by atoms with van der Waals surface area (Å²) >= 11 is 0. The zero-order chi connectivity index (χ0) is 15.9. The molecule has 0 saturated carbocycles. The van der Waals surface area contributed by atoms with Crippen molar-refractivity contribution in [3.63, 3.8) is 0 Å². The van der Waals surface area contributed by atoms with Gasteiger partial charge in [0.15, 0.2) is 0 Å². The molecule has 1 amide bonds. The SMILES string of the molecule is O=C(NCCNc1cc(N2CCOCC2)ncn1)c1ccno1. The molecule has 0 bridgehead atoms. The first-order valence-electron chi connectivity index (χ1n) is 7.40. The molecular weight excluding hydrogens is 300 g/mol. The lowest BCUT2D eigenvalue weighted by molar-refractivity contribution is 0.0918. The van der Waals surface area contributed by atoms with E-state index >= 15 is 0 Å². The fourth-order valence-electron chi connectivity index (χ4n) is 2.20. The van der Waals surface area contributed by atoms with Gasteiger partial charge in [0.1, 0.15) is 18.0 Å². The summed E-state index contributed by atoms with van der Waals surface area (Å²) in [6.45, 7) is 4.05. The molecular formula is C14H18N6O3. The Kier molecular flexibility index (Phi) is 4.99. The van der Waals surface area contributed by atoms with Gasteiger partial charge in [-0.15, -0.1) is 0 Å². The zero-order valence-corrected chi connectivity index (χ0v) is 12.6. The summed E-state index contributed by atoms with van der Waals surface area (Å²) in [6.07, 6.45) is 2.96. The van der Waals surface area contributed by atoms with E-state index in [0.717, 1.165) is 24.7 Å². The Labute approximate surface area is 133 Å². The average Bonchev–Trinajstić information content (AvgIpc) is 3.14. The highest BCUT2D eigenvalue weighted by molar-refractivity contribution is 5.91. The van der Waals surface area contributed by atoms with E-state index in [4.69, 9.17) is 9.26 Å². The van der Waals surface area contributed by atoms with Crippen molar-refractivity contribution in [1.82, 2.24) is 20.4 Å². The van der Waals surface area contributed by atoms with E-state index < -0.39 is 0 Å².